The number of hydrogen-bond acceptors (Lipinski definition) is 3. The molecule has 13 heavy (non-hydrogen) atoms. The highest BCUT2D eigenvalue weighted by Gasteiger charge is 1.97. The summed E-state index contributed by atoms with van der Waals surface area (Å²) in [6.07, 6.45) is 4.39. The number of rotatable bonds is 6. The maximum Gasteiger partial charge on any atom is 0.334 e. The zero-order valence-electron chi connectivity index (χ0n) is 7.79. The van der Waals surface area contributed by atoms with Gasteiger partial charge in [0.2, 0.25) is 0 Å². The van der Waals surface area contributed by atoms with Crippen LogP contribution in [0.15, 0.2) is 37.1 Å². The molecule has 0 aromatic heterocycles. The molecule has 3 nitrogen and oxygen atoms in total. The van der Waals surface area contributed by atoms with Crippen LogP contribution in [0.2, 0.25) is 0 Å². The fourth-order valence-corrected chi connectivity index (χ4v) is 0.581. The van der Waals surface area contributed by atoms with Crippen molar-refractivity contribution in [3.8, 4) is 0 Å². The van der Waals surface area contributed by atoms with E-state index in [1.54, 1.807) is 13.0 Å². The highest BCUT2D eigenvalue weighted by Crippen LogP contribution is 1.96. The summed E-state index contributed by atoms with van der Waals surface area (Å²) in [4.78, 5) is 10.9. The van der Waals surface area contributed by atoms with Crippen LogP contribution in [0.5, 0.6) is 0 Å². The van der Waals surface area contributed by atoms with Crippen LogP contribution in [0, 0.1) is 0 Å². The van der Waals surface area contributed by atoms with Gasteiger partial charge in [-0.2, -0.15) is 0 Å². The summed E-state index contributed by atoms with van der Waals surface area (Å²) in [5.41, 5.74) is 0. The summed E-state index contributed by atoms with van der Waals surface area (Å²) in [6.45, 7) is 9.18. The summed E-state index contributed by atoms with van der Waals surface area (Å²) in [7, 11) is 0. The highest BCUT2D eigenvalue weighted by atomic mass is 16.5. The molecule has 0 spiro atoms. The van der Waals surface area contributed by atoms with Crippen molar-refractivity contribution in [1.29, 1.82) is 0 Å². The fraction of sp³-hybridized carbons (Fsp3) is 0.300. The van der Waals surface area contributed by atoms with Crippen molar-refractivity contribution in [3.63, 3.8) is 0 Å². The van der Waals surface area contributed by atoms with Crippen LogP contribution in [0.25, 0.3) is 0 Å². The number of ether oxygens (including phenoxy) is 2. The van der Waals surface area contributed by atoms with Gasteiger partial charge in [0.1, 0.15) is 19.0 Å². The first-order valence-electron chi connectivity index (χ1n) is 3.90. The number of carbonyl (C=O) groups excluding carboxylic acids is 1. The molecule has 0 aliphatic rings. The second-order valence-electron chi connectivity index (χ2n) is 2.27. The predicted octanol–water partition coefficient (Wildman–Crippen LogP) is 1.82. The van der Waals surface area contributed by atoms with Crippen molar-refractivity contribution in [3.05, 3.63) is 37.1 Å². The quantitative estimate of drug-likeness (QED) is 0.272. The largest absolute Gasteiger partial charge is 0.494 e. The molecule has 0 radical (unpaired) electrons. The molecular formula is C10H14O3. The van der Waals surface area contributed by atoms with E-state index in [9.17, 15) is 4.79 Å². The van der Waals surface area contributed by atoms with E-state index in [2.05, 4.69) is 13.2 Å². The Balaban J connectivity index is 3.83. The Morgan fingerprint density at radius 3 is 2.31 bits per heavy atom. The highest BCUT2D eigenvalue weighted by molar-refractivity contribution is 5.82. The van der Waals surface area contributed by atoms with Crippen LogP contribution < -0.4 is 0 Å². The van der Waals surface area contributed by atoms with Crippen molar-refractivity contribution in [2.24, 2.45) is 0 Å². The normalized spacial score (nSPS) is 10.4. The number of esters is 1. The number of hydrogen-bond donors (Lipinski definition) is 0. The molecule has 0 atom stereocenters. The Bertz CT molecular complexity index is 216. The summed E-state index contributed by atoms with van der Waals surface area (Å²) in [6, 6.07) is 0. The van der Waals surface area contributed by atoms with Gasteiger partial charge in [-0.25, -0.2) is 4.79 Å². The van der Waals surface area contributed by atoms with E-state index in [-0.39, 0.29) is 6.61 Å². The second-order valence-corrected chi connectivity index (χ2v) is 2.27. The van der Waals surface area contributed by atoms with E-state index in [4.69, 9.17) is 9.47 Å². The molecule has 72 valence electrons. The Kier molecular flexibility index (Phi) is 6.32. The van der Waals surface area contributed by atoms with Crippen molar-refractivity contribution >= 4 is 5.97 Å². The summed E-state index contributed by atoms with van der Waals surface area (Å²) >= 11 is 0. The molecule has 0 fully saturated rings. The van der Waals surface area contributed by atoms with Gasteiger partial charge in [-0.3, -0.25) is 0 Å². The summed E-state index contributed by atoms with van der Waals surface area (Å²) in [5.74, 6) is 0.0791. The standard InChI is InChI=1S/C10H14O3/c1-4-6-12-9(3)8-10(11)13-7-5-2/h4-5,8H,1-2,6-7H2,3H3/b9-8+. The minimum absolute atomic E-state index is 0.212. The molecule has 0 saturated heterocycles. The molecule has 0 aromatic rings. The van der Waals surface area contributed by atoms with Crippen molar-refractivity contribution in [1.82, 2.24) is 0 Å². The van der Waals surface area contributed by atoms with Crippen molar-refractivity contribution < 1.29 is 14.3 Å². The molecule has 0 heterocycles. The van der Waals surface area contributed by atoms with Crippen LogP contribution >= 0.6 is 0 Å². The molecule has 0 rings (SSSR count). The molecule has 0 bridgehead atoms. The van der Waals surface area contributed by atoms with Gasteiger partial charge in [-0.1, -0.05) is 25.3 Å². The lowest BCUT2D eigenvalue weighted by Crippen LogP contribution is -2.02. The molecule has 0 aliphatic carbocycles. The monoisotopic (exact) mass is 182 g/mol. The minimum Gasteiger partial charge on any atom is -0.494 e. The maximum absolute atomic E-state index is 10.9. The molecule has 0 saturated carbocycles. The van der Waals surface area contributed by atoms with E-state index in [0.717, 1.165) is 0 Å². The van der Waals surface area contributed by atoms with Crippen LogP contribution in [0.4, 0.5) is 0 Å². The van der Waals surface area contributed by atoms with Crippen LogP contribution in [0.1, 0.15) is 6.92 Å². The van der Waals surface area contributed by atoms with Crippen LogP contribution in [-0.2, 0) is 14.3 Å². The van der Waals surface area contributed by atoms with E-state index in [1.165, 1.54) is 12.2 Å². The Hall–Kier alpha value is -1.51. The lowest BCUT2D eigenvalue weighted by molar-refractivity contribution is -0.136. The van der Waals surface area contributed by atoms with Gasteiger partial charge in [0.25, 0.3) is 0 Å². The molecule has 0 aromatic carbocycles. The SMILES string of the molecule is C=CCOC(=O)/C=C(\C)OCC=C. The molecular weight excluding hydrogens is 168 g/mol. The molecule has 0 unspecified atom stereocenters. The summed E-state index contributed by atoms with van der Waals surface area (Å²) in [5, 5.41) is 0. The third-order valence-corrected chi connectivity index (χ3v) is 1.09. The van der Waals surface area contributed by atoms with Crippen LogP contribution in [0.3, 0.4) is 0 Å². The van der Waals surface area contributed by atoms with E-state index in [0.29, 0.717) is 12.4 Å². The van der Waals surface area contributed by atoms with E-state index >= 15 is 0 Å². The number of carbonyl (C=O) groups is 1. The Morgan fingerprint density at radius 2 is 1.77 bits per heavy atom. The molecule has 0 N–H and O–H groups in total. The first-order chi connectivity index (χ1) is 6.20. The van der Waals surface area contributed by atoms with Gasteiger partial charge < -0.3 is 9.47 Å². The Labute approximate surface area is 78.3 Å². The van der Waals surface area contributed by atoms with Gasteiger partial charge in [-0.05, 0) is 6.92 Å². The van der Waals surface area contributed by atoms with Gasteiger partial charge in [0, 0.05) is 0 Å². The first kappa shape index (κ1) is 11.5. The minimum atomic E-state index is -0.429. The van der Waals surface area contributed by atoms with Gasteiger partial charge >= 0.3 is 5.97 Å². The molecule has 0 aliphatic heterocycles. The Morgan fingerprint density at radius 1 is 1.23 bits per heavy atom. The average Bonchev–Trinajstić information content (AvgIpc) is 2.11. The average molecular weight is 182 g/mol. The lowest BCUT2D eigenvalue weighted by Gasteiger charge is -2.02. The topological polar surface area (TPSA) is 35.5 Å². The van der Waals surface area contributed by atoms with Gasteiger partial charge in [0.15, 0.2) is 0 Å². The van der Waals surface area contributed by atoms with E-state index < -0.39 is 5.97 Å². The lowest BCUT2D eigenvalue weighted by atomic mass is 10.5. The van der Waals surface area contributed by atoms with Crippen molar-refractivity contribution in [2.45, 2.75) is 6.92 Å². The fourth-order valence-electron chi connectivity index (χ4n) is 0.581. The summed E-state index contributed by atoms with van der Waals surface area (Å²) < 4.78 is 9.76. The van der Waals surface area contributed by atoms with Crippen LogP contribution in [-0.4, -0.2) is 19.2 Å². The second kappa shape index (κ2) is 7.16. The molecule has 3 heteroatoms. The predicted molar refractivity (Wildman–Crippen MR) is 51.1 cm³/mol. The zero-order chi connectivity index (χ0) is 10.1. The smallest absolute Gasteiger partial charge is 0.334 e. The van der Waals surface area contributed by atoms with Gasteiger partial charge in [0.05, 0.1) is 6.08 Å². The molecule has 0 amide bonds. The number of allylic oxidation sites excluding steroid dienone is 1. The first-order valence-corrected chi connectivity index (χ1v) is 3.90. The third kappa shape index (κ3) is 6.87. The zero-order valence-corrected chi connectivity index (χ0v) is 7.79. The third-order valence-electron chi connectivity index (χ3n) is 1.09. The van der Waals surface area contributed by atoms with Crippen molar-refractivity contribution in [2.75, 3.05) is 13.2 Å². The maximum atomic E-state index is 10.9. The van der Waals surface area contributed by atoms with Gasteiger partial charge in [-0.15, -0.1) is 0 Å². The van der Waals surface area contributed by atoms with E-state index in [1.807, 2.05) is 0 Å².